The van der Waals surface area contributed by atoms with Gasteiger partial charge < -0.3 is 14.6 Å². The van der Waals surface area contributed by atoms with E-state index in [2.05, 4.69) is 22.1 Å². The first-order valence-electron chi connectivity index (χ1n) is 8.83. The van der Waals surface area contributed by atoms with Gasteiger partial charge in [-0.1, -0.05) is 29.4 Å². The summed E-state index contributed by atoms with van der Waals surface area (Å²) in [4.78, 5) is 12.4. The molecule has 1 aliphatic rings. The van der Waals surface area contributed by atoms with E-state index in [9.17, 15) is 13.2 Å². The molecule has 0 aliphatic carbocycles. The van der Waals surface area contributed by atoms with Gasteiger partial charge in [-0.05, 0) is 24.6 Å². The Bertz CT molecular complexity index is 1020. The SMILES string of the molecule is C=CCn1c(SCC(=O)Nc2cc(Cl)ccc2OC)nnc1C1CCS(=O)(=O)C1. The van der Waals surface area contributed by atoms with Crippen LogP contribution in [0.15, 0.2) is 36.0 Å². The van der Waals surface area contributed by atoms with Crippen LogP contribution in [0.25, 0.3) is 0 Å². The van der Waals surface area contributed by atoms with Crippen molar-refractivity contribution in [2.45, 2.75) is 24.0 Å². The number of aromatic nitrogens is 3. The quantitative estimate of drug-likeness (QED) is 0.481. The second-order valence-electron chi connectivity index (χ2n) is 6.52. The third kappa shape index (κ3) is 5.31. The van der Waals surface area contributed by atoms with Crippen molar-refractivity contribution in [3.05, 3.63) is 41.7 Å². The number of benzene rings is 1. The fourth-order valence-electron chi connectivity index (χ4n) is 3.10. The number of nitrogens with zero attached hydrogens (tertiary/aromatic N) is 3. The zero-order valence-corrected chi connectivity index (χ0v) is 18.2. The number of thioether (sulfide) groups is 1. The van der Waals surface area contributed by atoms with Crippen LogP contribution in [0.1, 0.15) is 18.2 Å². The fraction of sp³-hybridized carbons (Fsp3) is 0.389. The molecule has 1 N–H and O–H groups in total. The van der Waals surface area contributed by atoms with Crippen LogP contribution in [0.5, 0.6) is 5.75 Å². The highest BCUT2D eigenvalue weighted by Crippen LogP contribution is 2.31. The Morgan fingerprint density at radius 3 is 2.93 bits per heavy atom. The number of ether oxygens (including phenoxy) is 1. The van der Waals surface area contributed by atoms with Crippen LogP contribution in [-0.2, 0) is 21.2 Å². The Morgan fingerprint density at radius 1 is 1.48 bits per heavy atom. The molecule has 29 heavy (non-hydrogen) atoms. The maximum Gasteiger partial charge on any atom is 0.234 e. The zero-order chi connectivity index (χ0) is 21.0. The van der Waals surface area contributed by atoms with Crippen molar-refractivity contribution in [3.8, 4) is 5.75 Å². The Balaban J connectivity index is 1.70. The van der Waals surface area contributed by atoms with Crippen LogP contribution in [0.2, 0.25) is 5.02 Å². The molecule has 0 radical (unpaired) electrons. The summed E-state index contributed by atoms with van der Waals surface area (Å²) in [6.07, 6.45) is 2.22. The highest BCUT2D eigenvalue weighted by Gasteiger charge is 2.33. The largest absolute Gasteiger partial charge is 0.495 e. The van der Waals surface area contributed by atoms with Gasteiger partial charge in [-0.25, -0.2) is 8.42 Å². The van der Waals surface area contributed by atoms with Crippen molar-refractivity contribution in [2.75, 3.05) is 29.7 Å². The molecular formula is C18H21ClN4O4S2. The molecule has 1 saturated heterocycles. The lowest BCUT2D eigenvalue weighted by molar-refractivity contribution is -0.113. The lowest BCUT2D eigenvalue weighted by Gasteiger charge is -2.12. The predicted octanol–water partition coefficient (Wildman–Crippen LogP) is 2.76. The van der Waals surface area contributed by atoms with Gasteiger partial charge in [0.2, 0.25) is 5.91 Å². The van der Waals surface area contributed by atoms with E-state index in [-0.39, 0.29) is 29.1 Å². The molecule has 2 aromatic rings. The van der Waals surface area contributed by atoms with Crippen molar-refractivity contribution < 1.29 is 17.9 Å². The number of rotatable bonds is 8. The number of hydrogen-bond acceptors (Lipinski definition) is 7. The molecule has 1 aliphatic heterocycles. The molecule has 0 saturated carbocycles. The van der Waals surface area contributed by atoms with Gasteiger partial charge in [0.1, 0.15) is 11.6 Å². The maximum atomic E-state index is 12.4. The summed E-state index contributed by atoms with van der Waals surface area (Å²) in [5.41, 5.74) is 0.481. The predicted molar refractivity (Wildman–Crippen MR) is 114 cm³/mol. The van der Waals surface area contributed by atoms with Gasteiger partial charge in [0.05, 0.1) is 30.1 Å². The molecule has 156 valence electrons. The first-order valence-corrected chi connectivity index (χ1v) is 12.0. The molecule has 1 unspecified atom stereocenters. The van der Waals surface area contributed by atoms with E-state index < -0.39 is 9.84 Å². The van der Waals surface area contributed by atoms with E-state index in [1.165, 1.54) is 18.9 Å². The van der Waals surface area contributed by atoms with Crippen LogP contribution in [0, 0.1) is 0 Å². The summed E-state index contributed by atoms with van der Waals surface area (Å²) in [6.45, 7) is 4.18. The average Bonchev–Trinajstić information content (AvgIpc) is 3.23. The highest BCUT2D eigenvalue weighted by atomic mass is 35.5. The summed E-state index contributed by atoms with van der Waals surface area (Å²) < 4.78 is 30.6. The Kier molecular flexibility index (Phi) is 6.86. The minimum Gasteiger partial charge on any atom is -0.495 e. The van der Waals surface area contributed by atoms with E-state index in [0.717, 1.165) is 0 Å². The first kappa shape index (κ1) is 21.7. The number of carbonyl (C=O) groups is 1. The fourth-order valence-corrected chi connectivity index (χ4v) is 5.77. The van der Waals surface area contributed by atoms with Crippen molar-refractivity contribution in [1.29, 1.82) is 0 Å². The normalized spacial score (nSPS) is 17.8. The van der Waals surface area contributed by atoms with Gasteiger partial charge in [0.25, 0.3) is 0 Å². The van der Waals surface area contributed by atoms with Crippen molar-refractivity contribution >= 4 is 44.8 Å². The topological polar surface area (TPSA) is 103 Å². The van der Waals surface area contributed by atoms with Crippen molar-refractivity contribution in [3.63, 3.8) is 0 Å². The molecule has 1 aromatic heterocycles. The molecule has 1 fully saturated rings. The number of hydrogen-bond donors (Lipinski definition) is 1. The lowest BCUT2D eigenvalue weighted by atomic mass is 10.1. The molecule has 1 aromatic carbocycles. The van der Waals surface area contributed by atoms with Gasteiger partial charge >= 0.3 is 0 Å². The lowest BCUT2D eigenvalue weighted by Crippen LogP contribution is -2.16. The molecule has 0 spiro atoms. The number of allylic oxidation sites excluding steroid dienone is 1. The number of methoxy groups -OCH3 is 1. The van der Waals surface area contributed by atoms with E-state index in [4.69, 9.17) is 16.3 Å². The minimum atomic E-state index is -3.04. The minimum absolute atomic E-state index is 0.0714. The molecule has 2 heterocycles. The number of halogens is 1. The molecule has 8 nitrogen and oxygen atoms in total. The van der Waals surface area contributed by atoms with Crippen LogP contribution in [-0.4, -0.2) is 53.5 Å². The average molecular weight is 457 g/mol. The number of amides is 1. The third-order valence-electron chi connectivity index (χ3n) is 4.42. The first-order chi connectivity index (χ1) is 13.8. The van der Waals surface area contributed by atoms with Crippen LogP contribution in [0.4, 0.5) is 5.69 Å². The van der Waals surface area contributed by atoms with E-state index >= 15 is 0 Å². The summed E-state index contributed by atoms with van der Waals surface area (Å²) in [5, 5.41) is 12.1. The van der Waals surface area contributed by atoms with E-state index in [0.29, 0.717) is 40.4 Å². The zero-order valence-electron chi connectivity index (χ0n) is 15.8. The second-order valence-corrected chi connectivity index (χ2v) is 10.1. The molecule has 3 rings (SSSR count). The summed E-state index contributed by atoms with van der Waals surface area (Å²) in [6, 6.07) is 4.96. The van der Waals surface area contributed by atoms with E-state index in [1.54, 1.807) is 24.3 Å². The molecule has 1 atom stereocenters. The van der Waals surface area contributed by atoms with Crippen LogP contribution in [0.3, 0.4) is 0 Å². The van der Waals surface area contributed by atoms with Gasteiger partial charge in [0, 0.05) is 17.5 Å². The Morgan fingerprint density at radius 2 is 2.28 bits per heavy atom. The Labute approximate surface area is 178 Å². The van der Waals surface area contributed by atoms with Gasteiger partial charge in [0.15, 0.2) is 15.0 Å². The van der Waals surface area contributed by atoms with Gasteiger partial charge in [-0.3, -0.25) is 4.79 Å². The highest BCUT2D eigenvalue weighted by molar-refractivity contribution is 7.99. The second kappa shape index (κ2) is 9.19. The molecule has 0 bridgehead atoms. The summed E-state index contributed by atoms with van der Waals surface area (Å²) in [5.74, 6) is 0.999. The summed E-state index contributed by atoms with van der Waals surface area (Å²) >= 11 is 7.20. The number of carbonyl (C=O) groups excluding carboxylic acids is 1. The summed E-state index contributed by atoms with van der Waals surface area (Å²) in [7, 11) is -1.53. The maximum absolute atomic E-state index is 12.4. The third-order valence-corrected chi connectivity index (χ3v) is 7.39. The molecule has 1 amide bonds. The van der Waals surface area contributed by atoms with Crippen molar-refractivity contribution in [1.82, 2.24) is 14.8 Å². The standard InChI is InChI=1S/C18H21ClN4O4S2/c1-3-7-23-17(12-6-8-29(25,26)11-12)21-22-18(23)28-10-16(24)20-14-9-13(19)4-5-15(14)27-2/h3-5,9,12H,1,6-8,10-11H2,2H3,(H,20,24). The monoisotopic (exact) mass is 456 g/mol. The molecule has 11 heteroatoms. The van der Waals surface area contributed by atoms with Crippen LogP contribution >= 0.6 is 23.4 Å². The molecular weight excluding hydrogens is 436 g/mol. The number of anilines is 1. The Hall–Kier alpha value is -2.04. The number of nitrogens with one attached hydrogen (secondary N) is 1. The van der Waals surface area contributed by atoms with Gasteiger partial charge in [-0.2, -0.15) is 0 Å². The van der Waals surface area contributed by atoms with Crippen molar-refractivity contribution in [2.24, 2.45) is 0 Å². The van der Waals surface area contributed by atoms with Gasteiger partial charge in [-0.15, -0.1) is 16.8 Å². The van der Waals surface area contributed by atoms with Crippen LogP contribution < -0.4 is 10.1 Å². The smallest absolute Gasteiger partial charge is 0.234 e. The number of sulfone groups is 1. The van der Waals surface area contributed by atoms with E-state index in [1.807, 2.05) is 4.57 Å².